The van der Waals surface area contributed by atoms with Crippen molar-refractivity contribution >= 4 is 23.4 Å². The zero-order valence-electron chi connectivity index (χ0n) is 13.7. The standard InChI is InChI=1S/C18H19ClN2O3/c1-20(2)17(22)14-8-5-11-21(14)18(23)16-10-9-15(24-16)12-6-3-4-7-13(12)19/h3-4,6-7,9-10,14H,5,8,11H2,1-2H3. The first-order valence-electron chi connectivity index (χ1n) is 7.86. The lowest BCUT2D eigenvalue weighted by Crippen LogP contribution is -2.45. The minimum absolute atomic E-state index is 0.0567. The van der Waals surface area contributed by atoms with Gasteiger partial charge in [0, 0.05) is 26.2 Å². The summed E-state index contributed by atoms with van der Waals surface area (Å²) >= 11 is 6.17. The largest absolute Gasteiger partial charge is 0.451 e. The number of benzene rings is 1. The van der Waals surface area contributed by atoms with Gasteiger partial charge in [0.15, 0.2) is 5.76 Å². The Morgan fingerprint density at radius 2 is 1.96 bits per heavy atom. The first-order valence-corrected chi connectivity index (χ1v) is 8.23. The van der Waals surface area contributed by atoms with Gasteiger partial charge in [-0.1, -0.05) is 23.7 Å². The Kier molecular flexibility index (Phi) is 4.62. The van der Waals surface area contributed by atoms with Crippen LogP contribution in [0.3, 0.4) is 0 Å². The van der Waals surface area contributed by atoms with Crippen molar-refractivity contribution in [2.45, 2.75) is 18.9 Å². The van der Waals surface area contributed by atoms with Gasteiger partial charge in [0.05, 0.1) is 5.02 Å². The zero-order chi connectivity index (χ0) is 17.3. The highest BCUT2D eigenvalue weighted by atomic mass is 35.5. The first kappa shape index (κ1) is 16.6. The third-order valence-corrected chi connectivity index (χ3v) is 4.53. The van der Waals surface area contributed by atoms with Gasteiger partial charge in [0.2, 0.25) is 5.91 Å². The fraction of sp³-hybridized carbons (Fsp3) is 0.333. The van der Waals surface area contributed by atoms with Gasteiger partial charge in [-0.2, -0.15) is 0 Å². The van der Waals surface area contributed by atoms with Crippen LogP contribution in [-0.4, -0.2) is 48.3 Å². The quantitative estimate of drug-likeness (QED) is 0.857. The number of hydrogen-bond donors (Lipinski definition) is 0. The number of rotatable bonds is 3. The maximum atomic E-state index is 12.7. The van der Waals surface area contributed by atoms with Crippen LogP contribution < -0.4 is 0 Å². The second-order valence-electron chi connectivity index (χ2n) is 6.03. The monoisotopic (exact) mass is 346 g/mol. The number of halogens is 1. The van der Waals surface area contributed by atoms with Gasteiger partial charge < -0.3 is 14.2 Å². The number of amides is 2. The highest BCUT2D eigenvalue weighted by Gasteiger charge is 2.36. The normalized spacial score (nSPS) is 17.1. The molecule has 0 saturated carbocycles. The second kappa shape index (κ2) is 6.69. The molecule has 1 saturated heterocycles. The van der Waals surface area contributed by atoms with Crippen molar-refractivity contribution in [1.82, 2.24) is 9.80 Å². The Bertz CT molecular complexity index is 769. The molecule has 1 aliphatic heterocycles. The van der Waals surface area contributed by atoms with Crippen LogP contribution in [0.1, 0.15) is 23.4 Å². The van der Waals surface area contributed by atoms with Crippen LogP contribution >= 0.6 is 11.6 Å². The SMILES string of the molecule is CN(C)C(=O)C1CCCN1C(=O)c1ccc(-c2ccccc2Cl)o1. The molecule has 3 rings (SSSR count). The molecule has 0 aliphatic carbocycles. The molecule has 1 fully saturated rings. The van der Waals surface area contributed by atoms with Gasteiger partial charge in [-0.3, -0.25) is 9.59 Å². The number of nitrogens with zero attached hydrogens (tertiary/aromatic N) is 2. The third kappa shape index (κ3) is 3.04. The molecule has 0 radical (unpaired) electrons. The van der Waals surface area contributed by atoms with Crippen molar-refractivity contribution in [1.29, 1.82) is 0 Å². The lowest BCUT2D eigenvalue weighted by atomic mass is 10.2. The van der Waals surface area contributed by atoms with Crippen LogP contribution in [0.5, 0.6) is 0 Å². The van der Waals surface area contributed by atoms with Crippen molar-refractivity contribution in [2.75, 3.05) is 20.6 Å². The van der Waals surface area contributed by atoms with Gasteiger partial charge in [-0.15, -0.1) is 0 Å². The van der Waals surface area contributed by atoms with Gasteiger partial charge >= 0.3 is 0 Å². The predicted octanol–water partition coefficient (Wildman–Crippen LogP) is 3.29. The number of hydrogen-bond acceptors (Lipinski definition) is 3. The molecule has 5 nitrogen and oxygen atoms in total. The highest BCUT2D eigenvalue weighted by Crippen LogP contribution is 2.30. The fourth-order valence-electron chi connectivity index (χ4n) is 2.96. The summed E-state index contributed by atoms with van der Waals surface area (Å²) in [5, 5.41) is 0.563. The molecule has 0 spiro atoms. The molecule has 126 valence electrons. The molecule has 24 heavy (non-hydrogen) atoms. The van der Waals surface area contributed by atoms with Crippen LogP contribution in [0, 0.1) is 0 Å². The molecule has 0 N–H and O–H groups in total. The fourth-order valence-corrected chi connectivity index (χ4v) is 3.19. The molecule has 1 aromatic carbocycles. The predicted molar refractivity (Wildman–Crippen MR) is 91.9 cm³/mol. The van der Waals surface area contributed by atoms with Crippen molar-refractivity contribution in [3.8, 4) is 11.3 Å². The summed E-state index contributed by atoms with van der Waals surface area (Å²) in [5.41, 5.74) is 0.737. The Morgan fingerprint density at radius 3 is 2.67 bits per heavy atom. The van der Waals surface area contributed by atoms with Crippen LogP contribution in [0.2, 0.25) is 5.02 Å². The average Bonchev–Trinajstić information content (AvgIpc) is 3.23. The summed E-state index contributed by atoms with van der Waals surface area (Å²) in [4.78, 5) is 28.1. The van der Waals surface area contributed by atoms with Gasteiger partial charge in [0.25, 0.3) is 5.91 Å². The number of likely N-dealkylation sites (tertiary alicyclic amines) is 1. The van der Waals surface area contributed by atoms with E-state index in [9.17, 15) is 9.59 Å². The lowest BCUT2D eigenvalue weighted by Gasteiger charge is -2.25. The third-order valence-electron chi connectivity index (χ3n) is 4.20. The maximum Gasteiger partial charge on any atom is 0.290 e. The van der Waals surface area contributed by atoms with Crippen molar-refractivity contribution in [3.63, 3.8) is 0 Å². The smallest absolute Gasteiger partial charge is 0.290 e. The van der Waals surface area contributed by atoms with Crippen LogP contribution in [0.4, 0.5) is 0 Å². The van der Waals surface area contributed by atoms with E-state index in [-0.39, 0.29) is 17.6 Å². The average molecular weight is 347 g/mol. The van der Waals surface area contributed by atoms with Crippen LogP contribution in [0.15, 0.2) is 40.8 Å². The summed E-state index contributed by atoms with van der Waals surface area (Å²) in [6, 6.07) is 10.3. The summed E-state index contributed by atoms with van der Waals surface area (Å²) in [6.07, 6.45) is 1.49. The van der Waals surface area contributed by atoms with E-state index in [2.05, 4.69) is 0 Å². The van der Waals surface area contributed by atoms with E-state index in [1.807, 2.05) is 18.2 Å². The summed E-state index contributed by atoms with van der Waals surface area (Å²) < 4.78 is 5.71. The van der Waals surface area contributed by atoms with Gasteiger partial charge in [-0.05, 0) is 37.1 Å². The molecule has 2 amide bonds. The Hall–Kier alpha value is -2.27. The Morgan fingerprint density at radius 1 is 1.21 bits per heavy atom. The number of furan rings is 1. The van der Waals surface area contributed by atoms with Crippen LogP contribution in [0.25, 0.3) is 11.3 Å². The molecule has 6 heteroatoms. The van der Waals surface area contributed by atoms with E-state index in [4.69, 9.17) is 16.0 Å². The van der Waals surface area contributed by atoms with Crippen LogP contribution in [-0.2, 0) is 4.79 Å². The topological polar surface area (TPSA) is 53.8 Å². The molecule has 2 aromatic rings. The Balaban J connectivity index is 1.84. The molecular weight excluding hydrogens is 328 g/mol. The first-order chi connectivity index (χ1) is 11.5. The van der Waals surface area contributed by atoms with E-state index in [0.717, 1.165) is 12.0 Å². The zero-order valence-corrected chi connectivity index (χ0v) is 14.4. The second-order valence-corrected chi connectivity index (χ2v) is 6.44. The molecule has 1 unspecified atom stereocenters. The van der Waals surface area contributed by atoms with E-state index >= 15 is 0 Å². The Labute approximate surface area is 145 Å². The van der Waals surface area contributed by atoms with Gasteiger partial charge in [-0.25, -0.2) is 0 Å². The molecule has 1 atom stereocenters. The van der Waals surface area contributed by atoms with Crippen molar-refractivity contribution in [3.05, 3.63) is 47.2 Å². The molecule has 1 aromatic heterocycles. The van der Waals surface area contributed by atoms with Gasteiger partial charge in [0.1, 0.15) is 11.8 Å². The highest BCUT2D eigenvalue weighted by molar-refractivity contribution is 6.33. The van der Waals surface area contributed by atoms with Crippen molar-refractivity contribution < 1.29 is 14.0 Å². The minimum atomic E-state index is -0.415. The summed E-state index contributed by atoms with van der Waals surface area (Å²) in [5.74, 6) is 0.451. The van der Waals surface area contributed by atoms with Crippen molar-refractivity contribution in [2.24, 2.45) is 0 Å². The molecular formula is C18H19ClN2O3. The van der Waals surface area contributed by atoms with E-state index in [1.165, 1.54) is 4.90 Å². The summed E-state index contributed by atoms with van der Waals surface area (Å²) in [6.45, 7) is 0.561. The molecule has 1 aliphatic rings. The molecule has 2 heterocycles. The number of carbonyl (C=O) groups excluding carboxylic acids is 2. The number of likely N-dealkylation sites (N-methyl/N-ethyl adjacent to an activating group) is 1. The minimum Gasteiger partial charge on any atom is -0.451 e. The lowest BCUT2D eigenvalue weighted by molar-refractivity contribution is -0.132. The maximum absolute atomic E-state index is 12.7. The van der Waals surface area contributed by atoms with E-state index < -0.39 is 6.04 Å². The summed E-state index contributed by atoms with van der Waals surface area (Å²) in [7, 11) is 3.40. The number of carbonyl (C=O) groups is 2. The van der Waals surface area contributed by atoms with E-state index in [1.54, 1.807) is 37.2 Å². The molecule has 0 bridgehead atoms. The van der Waals surface area contributed by atoms with E-state index in [0.29, 0.717) is 23.7 Å².